The van der Waals surface area contributed by atoms with Gasteiger partial charge in [0.15, 0.2) is 0 Å². The van der Waals surface area contributed by atoms with Crippen LogP contribution in [0, 0.1) is 17.0 Å². The number of hydrogen-bond donors (Lipinski definition) is 0. The maximum atomic E-state index is 11.8. The van der Waals surface area contributed by atoms with Crippen LogP contribution in [0.4, 0.5) is 5.69 Å². The summed E-state index contributed by atoms with van der Waals surface area (Å²) < 4.78 is 0. The number of amides is 1. The first-order chi connectivity index (χ1) is 7.47. The molecular formula is C11H14N2O3. The Hall–Kier alpha value is -1.91. The fraction of sp³-hybridized carbons (Fsp3) is 0.364. The third-order valence-corrected chi connectivity index (χ3v) is 2.46. The molecule has 0 N–H and O–H groups in total. The number of hydrogen-bond acceptors (Lipinski definition) is 3. The SMILES string of the molecule is CCN(C)C(=O)c1ccc([N+](=O)[O-])c(C)c1. The van der Waals surface area contributed by atoms with Crippen molar-refractivity contribution in [3.63, 3.8) is 0 Å². The zero-order valence-corrected chi connectivity index (χ0v) is 9.56. The van der Waals surface area contributed by atoms with E-state index >= 15 is 0 Å². The van der Waals surface area contributed by atoms with E-state index in [4.69, 9.17) is 0 Å². The Labute approximate surface area is 93.8 Å². The molecular weight excluding hydrogens is 208 g/mol. The van der Waals surface area contributed by atoms with Crippen LogP contribution in [0.2, 0.25) is 0 Å². The summed E-state index contributed by atoms with van der Waals surface area (Å²) in [5.74, 6) is -0.125. The van der Waals surface area contributed by atoms with Gasteiger partial charge >= 0.3 is 0 Å². The molecule has 0 atom stereocenters. The number of nitrogens with zero attached hydrogens (tertiary/aromatic N) is 2. The molecule has 0 bridgehead atoms. The molecule has 1 amide bonds. The summed E-state index contributed by atoms with van der Waals surface area (Å²) in [5, 5.41) is 10.6. The van der Waals surface area contributed by atoms with Crippen LogP contribution in [0.25, 0.3) is 0 Å². The number of nitro benzene ring substituents is 1. The smallest absolute Gasteiger partial charge is 0.272 e. The first kappa shape index (κ1) is 12.2. The van der Waals surface area contributed by atoms with E-state index < -0.39 is 4.92 Å². The Bertz CT molecular complexity index is 429. The molecule has 0 spiro atoms. The van der Waals surface area contributed by atoms with Gasteiger partial charge in [-0.05, 0) is 26.0 Å². The maximum Gasteiger partial charge on any atom is 0.272 e. The second-order valence-electron chi connectivity index (χ2n) is 3.58. The van der Waals surface area contributed by atoms with Gasteiger partial charge in [0, 0.05) is 30.8 Å². The van der Waals surface area contributed by atoms with Crippen LogP contribution in [-0.2, 0) is 0 Å². The van der Waals surface area contributed by atoms with Gasteiger partial charge < -0.3 is 4.90 Å². The summed E-state index contributed by atoms with van der Waals surface area (Å²) in [6.45, 7) is 4.10. The first-order valence-electron chi connectivity index (χ1n) is 4.98. The van der Waals surface area contributed by atoms with E-state index in [0.29, 0.717) is 17.7 Å². The molecule has 0 saturated carbocycles. The summed E-state index contributed by atoms with van der Waals surface area (Å²) in [6.07, 6.45) is 0. The van der Waals surface area contributed by atoms with Gasteiger partial charge in [0.05, 0.1) is 4.92 Å². The molecule has 0 unspecified atom stereocenters. The first-order valence-corrected chi connectivity index (χ1v) is 4.98. The molecule has 0 aliphatic carbocycles. The van der Waals surface area contributed by atoms with Gasteiger partial charge in [-0.25, -0.2) is 0 Å². The van der Waals surface area contributed by atoms with Gasteiger partial charge in [-0.2, -0.15) is 0 Å². The van der Waals surface area contributed by atoms with E-state index in [9.17, 15) is 14.9 Å². The number of carbonyl (C=O) groups excluding carboxylic acids is 1. The fourth-order valence-electron chi connectivity index (χ4n) is 1.36. The summed E-state index contributed by atoms with van der Waals surface area (Å²) in [6, 6.07) is 4.40. The molecule has 16 heavy (non-hydrogen) atoms. The highest BCUT2D eigenvalue weighted by Crippen LogP contribution is 2.19. The van der Waals surface area contributed by atoms with Gasteiger partial charge in [0.1, 0.15) is 0 Å². The Morgan fingerprint density at radius 3 is 2.56 bits per heavy atom. The number of rotatable bonds is 3. The van der Waals surface area contributed by atoms with Crippen molar-refractivity contribution in [2.45, 2.75) is 13.8 Å². The quantitative estimate of drug-likeness (QED) is 0.580. The lowest BCUT2D eigenvalue weighted by molar-refractivity contribution is -0.385. The minimum atomic E-state index is -0.451. The normalized spacial score (nSPS) is 9.94. The van der Waals surface area contributed by atoms with Crippen molar-refractivity contribution < 1.29 is 9.72 Å². The van der Waals surface area contributed by atoms with Gasteiger partial charge in [-0.1, -0.05) is 0 Å². The molecule has 0 saturated heterocycles. The van der Waals surface area contributed by atoms with Crippen LogP contribution >= 0.6 is 0 Å². The Kier molecular flexibility index (Phi) is 3.60. The summed E-state index contributed by atoms with van der Waals surface area (Å²) in [7, 11) is 1.69. The molecule has 5 nitrogen and oxygen atoms in total. The number of aryl methyl sites for hydroxylation is 1. The van der Waals surface area contributed by atoms with Gasteiger partial charge in [-0.15, -0.1) is 0 Å². The van der Waals surface area contributed by atoms with Crippen LogP contribution in [0.15, 0.2) is 18.2 Å². The van der Waals surface area contributed by atoms with Crippen molar-refractivity contribution in [1.29, 1.82) is 0 Å². The zero-order valence-electron chi connectivity index (χ0n) is 9.56. The largest absolute Gasteiger partial charge is 0.342 e. The van der Waals surface area contributed by atoms with Crippen LogP contribution < -0.4 is 0 Å². The molecule has 0 aliphatic rings. The summed E-state index contributed by atoms with van der Waals surface area (Å²) in [5.41, 5.74) is 1.02. The third kappa shape index (κ3) is 2.36. The molecule has 1 aromatic carbocycles. The zero-order chi connectivity index (χ0) is 12.3. The predicted octanol–water partition coefficient (Wildman–Crippen LogP) is 2.00. The lowest BCUT2D eigenvalue weighted by Crippen LogP contribution is -2.26. The van der Waals surface area contributed by atoms with Crippen LogP contribution in [0.1, 0.15) is 22.8 Å². The number of nitro groups is 1. The minimum Gasteiger partial charge on any atom is -0.342 e. The molecule has 1 rings (SSSR count). The van der Waals surface area contributed by atoms with Gasteiger partial charge in [-0.3, -0.25) is 14.9 Å². The van der Waals surface area contributed by atoms with E-state index in [0.717, 1.165) is 0 Å². The Morgan fingerprint density at radius 2 is 2.12 bits per heavy atom. The minimum absolute atomic E-state index is 0.0377. The molecule has 1 aromatic rings. The van der Waals surface area contributed by atoms with Crippen molar-refractivity contribution in [1.82, 2.24) is 4.90 Å². The van der Waals surface area contributed by atoms with Gasteiger partial charge in [0.25, 0.3) is 11.6 Å². The Morgan fingerprint density at radius 1 is 1.50 bits per heavy atom. The van der Waals surface area contributed by atoms with Crippen LogP contribution in [0.5, 0.6) is 0 Å². The fourth-order valence-corrected chi connectivity index (χ4v) is 1.36. The highest BCUT2D eigenvalue weighted by atomic mass is 16.6. The molecule has 0 radical (unpaired) electrons. The second kappa shape index (κ2) is 4.74. The van der Waals surface area contributed by atoms with Gasteiger partial charge in [0.2, 0.25) is 0 Å². The van der Waals surface area contributed by atoms with E-state index in [1.807, 2.05) is 6.92 Å². The molecule has 0 aromatic heterocycles. The molecule has 0 aliphatic heterocycles. The van der Waals surface area contributed by atoms with Crippen molar-refractivity contribution in [3.8, 4) is 0 Å². The van der Waals surface area contributed by atoms with Crippen LogP contribution in [-0.4, -0.2) is 29.3 Å². The second-order valence-corrected chi connectivity index (χ2v) is 3.58. The third-order valence-electron chi connectivity index (χ3n) is 2.46. The summed E-state index contributed by atoms with van der Waals surface area (Å²) in [4.78, 5) is 23.5. The lowest BCUT2D eigenvalue weighted by Gasteiger charge is -2.14. The van der Waals surface area contributed by atoms with Crippen molar-refractivity contribution in [3.05, 3.63) is 39.4 Å². The molecule has 0 fully saturated rings. The van der Waals surface area contributed by atoms with Crippen LogP contribution in [0.3, 0.4) is 0 Å². The van der Waals surface area contributed by atoms with Crippen molar-refractivity contribution in [2.24, 2.45) is 0 Å². The monoisotopic (exact) mass is 222 g/mol. The van der Waals surface area contributed by atoms with Crippen molar-refractivity contribution in [2.75, 3.05) is 13.6 Å². The highest BCUT2D eigenvalue weighted by molar-refractivity contribution is 5.94. The number of carbonyl (C=O) groups is 1. The van der Waals surface area contributed by atoms with E-state index in [1.54, 1.807) is 24.9 Å². The topological polar surface area (TPSA) is 63.5 Å². The average Bonchev–Trinajstić information content (AvgIpc) is 2.26. The van der Waals surface area contributed by atoms with E-state index in [1.165, 1.54) is 12.1 Å². The standard InChI is InChI=1S/C11H14N2O3/c1-4-12(3)11(14)9-5-6-10(13(15)16)8(2)7-9/h5-7H,4H2,1-3H3. The Balaban J connectivity index is 3.06. The van der Waals surface area contributed by atoms with E-state index in [2.05, 4.69) is 0 Å². The predicted molar refractivity (Wildman–Crippen MR) is 60.5 cm³/mol. The molecule has 5 heteroatoms. The highest BCUT2D eigenvalue weighted by Gasteiger charge is 2.15. The average molecular weight is 222 g/mol. The lowest BCUT2D eigenvalue weighted by atomic mass is 10.1. The maximum absolute atomic E-state index is 11.8. The molecule has 86 valence electrons. The van der Waals surface area contributed by atoms with Crippen molar-refractivity contribution >= 4 is 11.6 Å². The summed E-state index contributed by atoms with van der Waals surface area (Å²) >= 11 is 0. The van der Waals surface area contributed by atoms with E-state index in [-0.39, 0.29) is 11.6 Å². The number of benzene rings is 1. The molecule has 0 heterocycles.